The molecule has 1 aromatic heterocycles. The average Bonchev–Trinajstić information content (AvgIpc) is 3.41. The monoisotopic (exact) mass is 487 g/mol. The zero-order valence-corrected chi connectivity index (χ0v) is 20.5. The third-order valence-electron chi connectivity index (χ3n) is 5.96. The second-order valence-electron chi connectivity index (χ2n) is 8.98. The average molecular weight is 488 g/mol. The minimum Gasteiger partial charge on any atom is -0.480 e. The lowest BCUT2D eigenvalue weighted by Crippen LogP contribution is -2.47. The number of rotatable bonds is 9. The molecular weight excluding hydrogens is 458 g/mol. The molecule has 1 amide bonds. The number of aromatic nitrogens is 4. The summed E-state index contributed by atoms with van der Waals surface area (Å²) < 4.78 is 5.30. The van der Waals surface area contributed by atoms with E-state index >= 15 is 0 Å². The van der Waals surface area contributed by atoms with Crippen molar-refractivity contribution in [1.82, 2.24) is 25.5 Å². The fourth-order valence-electron chi connectivity index (χ4n) is 4.19. The van der Waals surface area contributed by atoms with Crippen molar-refractivity contribution in [3.63, 3.8) is 0 Å². The van der Waals surface area contributed by atoms with E-state index < -0.39 is 18.1 Å². The van der Waals surface area contributed by atoms with E-state index in [-0.39, 0.29) is 19.1 Å². The van der Waals surface area contributed by atoms with E-state index in [1.54, 1.807) is 13.8 Å². The Morgan fingerprint density at radius 3 is 2.28 bits per heavy atom. The predicted octanol–water partition coefficient (Wildman–Crippen LogP) is 5.14. The minimum absolute atomic E-state index is 0.146. The quantitative estimate of drug-likeness (QED) is 0.335. The molecule has 1 heterocycles. The van der Waals surface area contributed by atoms with Crippen LogP contribution in [0.2, 0.25) is 0 Å². The van der Waals surface area contributed by atoms with Crippen molar-refractivity contribution in [2.75, 3.05) is 6.61 Å². The van der Waals surface area contributed by atoms with Gasteiger partial charge in [-0.3, -0.25) is 4.90 Å². The van der Waals surface area contributed by atoms with Crippen LogP contribution in [0, 0.1) is 5.92 Å². The largest absolute Gasteiger partial charge is 0.480 e. The first-order chi connectivity index (χ1) is 17.4. The number of benzene rings is 3. The van der Waals surface area contributed by atoms with E-state index in [0.717, 1.165) is 33.0 Å². The van der Waals surface area contributed by atoms with Gasteiger partial charge < -0.3 is 9.84 Å². The first kappa shape index (κ1) is 24.8. The molecule has 0 radical (unpaired) electrons. The Bertz CT molecular complexity index is 1340. The first-order valence-corrected chi connectivity index (χ1v) is 11.9. The highest BCUT2D eigenvalue weighted by atomic mass is 16.6. The Kier molecular flexibility index (Phi) is 7.58. The number of hydrogen-bond acceptors (Lipinski definition) is 6. The third kappa shape index (κ3) is 5.51. The summed E-state index contributed by atoms with van der Waals surface area (Å²) in [6, 6.07) is 19.0. The van der Waals surface area contributed by atoms with Crippen molar-refractivity contribution >= 4 is 22.8 Å². The topological polar surface area (TPSA) is 121 Å². The Morgan fingerprint density at radius 1 is 0.972 bits per heavy atom. The molecule has 0 spiro atoms. The number of aliphatic carboxylic acids is 1. The summed E-state index contributed by atoms with van der Waals surface area (Å²) in [5.74, 6) is -0.775. The van der Waals surface area contributed by atoms with Gasteiger partial charge in [-0.1, -0.05) is 69.3 Å². The van der Waals surface area contributed by atoms with Crippen LogP contribution in [0.25, 0.3) is 33.3 Å². The van der Waals surface area contributed by atoms with Gasteiger partial charge in [-0.15, -0.1) is 10.2 Å². The van der Waals surface area contributed by atoms with Gasteiger partial charge in [-0.05, 0) is 57.1 Å². The number of carbonyl (C=O) groups excluding carboxylic acids is 1. The molecule has 0 aliphatic heterocycles. The van der Waals surface area contributed by atoms with Crippen LogP contribution >= 0.6 is 0 Å². The number of amides is 1. The molecule has 0 aliphatic carbocycles. The maximum atomic E-state index is 12.7. The predicted molar refractivity (Wildman–Crippen MR) is 136 cm³/mol. The van der Waals surface area contributed by atoms with Crippen molar-refractivity contribution in [1.29, 1.82) is 0 Å². The number of carboxylic acids is 1. The highest BCUT2D eigenvalue weighted by Gasteiger charge is 2.33. The first-order valence-electron chi connectivity index (χ1n) is 11.9. The molecule has 1 atom stereocenters. The van der Waals surface area contributed by atoms with E-state index in [2.05, 4.69) is 26.7 Å². The molecule has 0 saturated heterocycles. The van der Waals surface area contributed by atoms with Crippen LogP contribution in [0.3, 0.4) is 0 Å². The minimum atomic E-state index is -1.05. The Morgan fingerprint density at radius 2 is 1.64 bits per heavy atom. The molecular formula is C27H29N5O4. The maximum absolute atomic E-state index is 12.7. The Balaban J connectivity index is 1.58. The lowest BCUT2D eigenvalue weighted by molar-refractivity contribution is -0.144. The maximum Gasteiger partial charge on any atom is 0.410 e. The van der Waals surface area contributed by atoms with Gasteiger partial charge in [0, 0.05) is 12.1 Å². The van der Waals surface area contributed by atoms with Crippen LogP contribution in [-0.4, -0.2) is 55.3 Å². The number of carboxylic acid groups (broad SMARTS) is 1. The number of nitrogens with one attached hydrogen (secondary N) is 1. The summed E-state index contributed by atoms with van der Waals surface area (Å²) >= 11 is 0. The zero-order valence-electron chi connectivity index (χ0n) is 20.5. The van der Waals surface area contributed by atoms with Crippen LogP contribution in [0.5, 0.6) is 0 Å². The SMILES string of the molecule is CCCOC(=O)N(Cc1ccc2cc(-c3ccc(-c4nn[nH]n4)cc3)ccc2c1)C(C(=O)O)C(C)C. The smallest absolute Gasteiger partial charge is 0.410 e. The van der Waals surface area contributed by atoms with Crippen molar-refractivity contribution in [2.24, 2.45) is 5.92 Å². The summed E-state index contributed by atoms with van der Waals surface area (Å²) in [4.78, 5) is 26.0. The van der Waals surface area contributed by atoms with Gasteiger partial charge >= 0.3 is 12.1 Å². The van der Waals surface area contributed by atoms with Gasteiger partial charge in [0.1, 0.15) is 6.04 Å². The molecule has 0 bridgehead atoms. The third-order valence-corrected chi connectivity index (χ3v) is 5.96. The van der Waals surface area contributed by atoms with Crippen LogP contribution in [0.15, 0.2) is 60.7 Å². The number of aromatic amines is 1. The Hall–Kier alpha value is -4.27. The van der Waals surface area contributed by atoms with E-state index in [1.165, 1.54) is 4.90 Å². The highest BCUT2D eigenvalue weighted by Crippen LogP contribution is 2.28. The number of hydrogen-bond donors (Lipinski definition) is 2. The highest BCUT2D eigenvalue weighted by molar-refractivity contribution is 5.88. The van der Waals surface area contributed by atoms with Crippen molar-refractivity contribution in [3.8, 4) is 22.5 Å². The van der Waals surface area contributed by atoms with Gasteiger partial charge in [-0.2, -0.15) is 5.21 Å². The normalized spacial score (nSPS) is 12.0. The molecule has 1 unspecified atom stereocenters. The standard InChI is InChI=1S/C27H29N5O4/c1-4-13-36-27(35)32(24(17(2)3)26(33)34)16-18-5-6-23-15-22(12-11-21(23)14-18)19-7-9-20(10-8-19)25-28-30-31-29-25/h5-12,14-15,17,24H,4,13,16H2,1-3H3,(H,33,34)(H,28,29,30,31). The van der Waals surface area contributed by atoms with Crippen LogP contribution in [0.4, 0.5) is 4.79 Å². The van der Waals surface area contributed by atoms with E-state index in [0.29, 0.717) is 12.2 Å². The van der Waals surface area contributed by atoms with Crippen LogP contribution in [-0.2, 0) is 16.1 Å². The van der Waals surface area contributed by atoms with Crippen LogP contribution < -0.4 is 0 Å². The van der Waals surface area contributed by atoms with Gasteiger partial charge in [0.25, 0.3) is 0 Å². The zero-order chi connectivity index (χ0) is 25.7. The van der Waals surface area contributed by atoms with Gasteiger partial charge in [-0.25, -0.2) is 9.59 Å². The summed E-state index contributed by atoms with van der Waals surface area (Å²) in [5.41, 5.74) is 3.82. The molecule has 0 fully saturated rings. The molecule has 4 aromatic rings. The number of ether oxygens (including phenoxy) is 1. The summed E-state index contributed by atoms with van der Waals surface area (Å²) in [7, 11) is 0. The molecule has 0 aliphatic rings. The molecule has 36 heavy (non-hydrogen) atoms. The van der Waals surface area contributed by atoms with Gasteiger partial charge in [0.05, 0.1) is 6.61 Å². The summed E-state index contributed by atoms with van der Waals surface area (Å²) in [6.07, 6.45) is 0.0505. The molecule has 0 saturated carbocycles. The molecule has 3 aromatic carbocycles. The van der Waals surface area contributed by atoms with E-state index in [1.807, 2.05) is 61.5 Å². The number of H-pyrrole nitrogens is 1. The van der Waals surface area contributed by atoms with Gasteiger partial charge in [0.15, 0.2) is 0 Å². The lowest BCUT2D eigenvalue weighted by atomic mass is 9.98. The van der Waals surface area contributed by atoms with Crippen molar-refractivity contribution in [2.45, 2.75) is 39.8 Å². The summed E-state index contributed by atoms with van der Waals surface area (Å²) in [5, 5.41) is 25.9. The molecule has 9 heteroatoms. The summed E-state index contributed by atoms with van der Waals surface area (Å²) in [6.45, 7) is 5.86. The second kappa shape index (κ2) is 11.0. The fraction of sp³-hybridized carbons (Fsp3) is 0.296. The Labute approximate surface area is 209 Å². The number of carbonyl (C=O) groups is 2. The van der Waals surface area contributed by atoms with E-state index in [9.17, 15) is 14.7 Å². The lowest BCUT2D eigenvalue weighted by Gasteiger charge is -2.30. The van der Waals surface area contributed by atoms with Crippen molar-refractivity contribution in [3.05, 3.63) is 66.2 Å². The second-order valence-corrected chi connectivity index (χ2v) is 8.98. The number of fused-ring (bicyclic) bond motifs is 1. The fourth-order valence-corrected chi connectivity index (χ4v) is 4.19. The van der Waals surface area contributed by atoms with Gasteiger partial charge in [0.2, 0.25) is 5.82 Å². The molecule has 186 valence electrons. The van der Waals surface area contributed by atoms with Crippen LogP contribution in [0.1, 0.15) is 32.8 Å². The van der Waals surface area contributed by atoms with E-state index in [4.69, 9.17) is 4.74 Å². The molecule has 4 rings (SSSR count). The van der Waals surface area contributed by atoms with Crippen molar-refractivity contribution < 1.29 is 19.4 Å². The molecule has 9 nitrogen and oxygen atoms in total. The molecule has 2 N–H and O–H groups in total. The number of tetrazole rings is 1. The number of nitrogens with zero attached hydrogens (tertiary/aromatic N) is 4.